The van der Waals surface area contributed by atoms with Crippen molar-refractivity contribution in [3.05, 3.63) is 34.9 Å². The predicted octanol–water partition coefficient (Wildman–Crippen LogP) is 4.41. The van der Waals surface area contributed by atoms with E-state index in [2.05, 4.69) is 45.9 Å². The van der Waals surface area contributed by atoms with Gasteiger partial charge in [-0.15, -0.1) is 0 Å². The van der Waals surface area contributed by atoms with Crippen LogP contribution < -0.4 is 4.74 Å². The third-order valence-corrected chi connectivity index (χ3v) is 3.98. The molecule has 0 atom stereocenters. The first kappa shape index (κ1) is 12.5. The van der Waals surface area contributed by atoms with Gasteiger partial charge in [0, 0.05) is 17.7 Å². The van der Waals surface area contributed by atoms with Crippen LogP contribution in [0.2, 0.25) is 0 Å². The Morgan fingerprint density at radius 3 is 2.58 bits per heavy atom. The van der Waals surface area contributed by atoms with Crippen molar-refractivity contribution in [2.75, 3.05) is 6.61 Å². The molecule has 2 nitrogen and oxygen atoms in total. The molecular weight excluding hydrogens is 234 g/mol. The Balaban J connectivity index is 2.02. The minimum Gasteiger partial charge on any atom is -0.488 e. The Bertz CT molecular complexity index is 579. The van der Waals surface area contributed by atoms with E-state index in [1.807, 2.05) is 0 Å². The molecule has 0 N–H and O–H groups in total. The zero-order valence-electron chi connectivity index (χ0n) is 12.2. The van der Waals surface area contributed by atoms with E-state index in [-0.39, 0.29) is 0 Å². The molecule has 0 amide bonds. The molecule has 2 heterocycles. The number of ether oxygens (including phenoxy) is 1. The first-order valence-corrected chi connectivity index (χ1v) is 7.13. The lowest BCUT2D eigenvalue weighted by atomic mass is 9.96. The Kier molecular flexibility index (Phi) is 2.96. The summed E-state index contributed by atoms with van der Waals surface area (Å²) in [6, 6.07) is 6.55. The first-order valence-electron chi connectivity index (χ1n) is 7.13. The van der Waals surface area contributed by atoms with Crippen LogP contribution in [0, 0.1) is 5.92 Å². The molecule has 2 aliphatic heterocycles. The fourth-order valence-corrected chi connectivity index (χ4v) is 2.65. The molecule has 0 aliphatic carbocycles. The fraction of sp³-hybridized carbons (Fsp3) is 0.471. The molecule has 0 unspecified atom stereocenters. The maximum absolute atomic E-state index is 5.93. The molecule has 0 radical (unpaired) electrons. The van der Waals surface area contributed by atoms with Crippen LogP contribution in [-0.2, 0) is 0 Å². The van der Waals surface area contributed by atoms with Crippen molar-refractivity contribution < 1.29 is 4.74 Å². The highest BCUT2D eigenvalue weighted by atomic mass is 16.5. The zero-order chi connectivity index (χ0) is 13.6. The van der Waals surface area contributed by atoms with E-state index >= 15 is 0 Å². The van der Waals surface area contributed by atoms with Crippen LogP contribution in [0.25, 0.3) is 5.70 Å². The minimum absolute atomic E-state index is 0.518. The van der Waals surface area contributed by atoms with Crippen molar-refractivity contribution in [1.82, 2.24) is 0 Å². The molecule has 1 aromatic rings. The van der Waals surface area contributed by atoms with Gasteiger partial charge in [-0.2, -0.15) is 0 Å². The van der Waals surface area contributed by atoms with Crippen LogP contribution in [0.15, 0.2) is 28.8 Å². The van der Waals surface area contributed by atoms with Crippen LogP contribution >= 0.6 is 0 Å². The summed E-state index contributed by atoms with van der Waals surface area (Å²) in [6.07, 6.45) is 0.984. The molecular formula is C17H21NO. The number of hydrogen-bond donors (Lipinski definition) is 0. The molecule has 100 valence electrons. The van der Waals surface area contributed by atoms with Crippen LogP contribution in [0.5, 0.6) is 5.75 Å². The predicted molar refractivity (Wildman–Crippen MR) is 79.8 cm³/mol. The third-order valence-electron chi connectivity index (χ3n) is 3.98. The summed E-state index contributed by atoms with van der Waals surface area (Å²) in [5.74, 6) is 2.05. The van der Waals surface area contributed by atoms with Gasteiger partial charge in [-0.05, 0) is 35.1 Å². The van der Waals surface area contributed by atoms with E-state index in [0.29, 0.717) is 18.4 Å². The summed E-state index contributed by atoms with van der Waals surface area (Å²) in [4.78, 5) is 4.84. The Morgan fingerprint density at radius 2 is 1.89 bits per heavy atom. The van der Waals surface area contributed by atoms with E-state index in [0.717, 1.165) is 12.2 Å². The van der Waals surface area contributed by atoms with Crippen LogP contribution in [0.1, 0.15) is 51.2 Å². The molecule has 0 saturated heterocycles. The van der Waals surface area contributed by atoms with Crippen LogP contribution in [0.4, 0.5) is 0 Å². The van der Waals surface area contributed by atoms with E-state index in [1.165, 1.54) is 28.1 Å². The number of fused-ring (bicyclic) bond motifs is 2. The molecule has 0 saturated carbocycles. The van der Waals surface area contributed by atoms with Crippen molar-refractivity contribution >= 4 is 11.4 Å². The standard InChI is InChI=1S/C17H21NO/c1-10(2)12-5-6-14-16(8-12)19-9-13-7-15(11(3)4)18-17(13)14/h5-6,8,10-11H,7,9H2,1-4H3. The Labute approximate surface area is 115 Å². The van der Waals surface area contributed by atoms with Gasteiger partial charge in [0.05, 0.1) is 5.70 Å². The lowest BCUT2D eigenvalue weighted by Gasteiger charge is -2.20. The highest BCUT2D eigenvalue weighted by molar-refractivity contribution is 5.99. The maximum atomic E-state index is 5.93. The van der Waals surface area contributed by atoms with Gasteiger partial charge in [0.1, 0.15) is 12.4 Å². The summed E-state index contributed by atoms with van der Waals surface area (Å²) < 4.78 is 5.93. The molecule has 0 spiro atoms. The summed E-state index contributed by atoms with van der Waals surface area (Å²) in [6.45, 7) is 9.53. The van der Waals surface area contributed by atoms with E-state index in [4.69, 9.17) is 9.73 Å². The SMILES string of the molecule is CC(C)C1=NC2=C(COc3cc(C(C)C)ccc32)C1. The van der Waals surface area contributed by atoms with Gasteiger partial charge >= 0.3 is 0 Å². The molecule has 0 fully saturated rings. The fourth-order valence-electron chi connectivity index (χ4n) is 2.65. The van der Waals surface area contributed by atoms with Crippen LogP contribution in [-0.4, -0.2) is 12.3 Å². The second kappa shape index (κ2) is 4.52. The molecule has 19 heavy (non-hydrogen) atoms. The molecule has 2 heteroatoms. The third kappa shape index (κ3) is 2.09. The lowest BCUT2D eigenvalue weighted by Crippen LogP contribution is -2.11. The van der Waals surface area contributed by atoms with E-state index in [9.17, 15) is 0 Å². The van der Waals surface area contributed by atoms with E-state index < -0.39 is 0 Å². The van der Waals surface area contributed by atoms with Gasteiger partial charge in [0.25, 0.3) is 0 Å². The minimum atomic E-state index is 0.518. The molecule has 1 aromatic carbocycles. The quantitative estimate of drug-likeness (QED) is 0.767. The number of nitrogens with zero attached hydrogens (tertiary/aromatic N) is 1. The maximum Gasteiger partial charge on any atom is 0.129 e. The van der Waals surface area contributed by atoms with Crippen molar-refractivity contribution in [2.45, 2.75) is 40.0 Å². The number of rotatable bonds is 2. The molecule has 2 aliphatic rings. The highest BCUT2D eigenvalue weighted by Gasteiger charge is 2.27. The summed E-state index contributed by atoms with van der Waals surface area (Å²) in [5, 5.41) is 0. The second-order valence-corrected chi connectivity index (χ2v) is 6.09. The van der Waals surface area contributed by atoms with Crippen molar-refractivity contribution in [3.8, 4) is 5.75 Å². The van der Waals surface area contributed by atoms with Gasteiger partial charge in [0.2, 0.25) is 0 Å². The van der Waals surface area contributed by atoms with Crippen molar-refractivity contribution in [1.29, 1.82) is 0 Å². The largest absolute Gasteiger partial charge is 0.488 e. The average Bonchev–Trinajstić information content (AvgIpc) is 2.82. The number of hydrogen-bond acceptors (Lipinski definition) is 2. The average molecular weight is 255 g/mol. The summed E-state index contributed by atoms with van der Waals surface area (Å²) >= 11 is 0. The monoisotopic (exact) mass is 255 g/mol. The second-order valence-electron chi connectivity index (χ2n) is 6.09. The highest BCUT2D eigenvalue weighted by Crippen LogP contribution is 2.40. The zero-order valence-corrected chi connectivity index (χ0v) is 12.2. The molecule has 0 bridgehead atoms. The normalized spacial score (nSPS) is 17.5. The smallest absolute Gasteiger partial charge is 0.129 e. The van der Waals surface area contributed by atoms with Gasteiger partial charge in [-0.25, -0.2) is 0 Å². The Hall–Kier alpha value is -1.57. The van der Waals surface area contributed by atoms with Gasteiger partial charge in [-0.3, -0.25) is 4.99 Å². The molecule has 0 aromatic heterocycles. The number of aliphatic imine (C=N–C) groups is 1. The number of benzene rings is 1. The lowest BCUT2D eigenvalue weighted by molar-refractivity contribution is 0.344. The van der Waals surface area contributed by atoms with Crippen LogP contribution in [0.3, 0.4) is 0 Å². The molecule has 3 rings (SSSR count). The summed E-state index contributed by atoms with van der Waals surface area (Å²) in [7, 11) is 0. The van der Waals surface area contributed by atoms with Gasteiger partial charge in [0.15, 0.2) is 0 Å². The van der Waals surface area contributed by atoms with E-state index in [1.54, 1.807) is 0 Å². The van der Waals surface area contributed by atoms with Crippen molar-refractivity contribution in [3.63, 3.8) is 0 Å². The van der Waals surface area contributed by atoms with Gasteiger partial charge in [-0.1, -0.05) is 33.8 Å². The summed E-state index contributed by atoms with van der Waals surface area (Å²) in [5.41, 5.74) is 6.29. The topological polar surface area (TPSA) is 21.6 Å². The van der Waals surface area contributed by atoms with Crippen molar-refractivity contribution in [2.24, 2.45) is 10.9 Å². The Morgan fingerprint density at radius 1 is 1.11 bits per heavy atom. The first-order chi connectivity index (χ1) is 9.06. The van der Waals surface area contributed by atoms with Gasteiger partial charge < -0.3 is 4.74 Å².